The number of hydrogen-bond donors (Lipinski definition) is 0. The van der Waals surface area contributed by atoms with Crippen molar-refractivity contribution in [2.75, 3.05) is 0 Å². The third-order valence-corrected chi connectivity index (χ3v) is 3.01. The van der Waals surface area contributed by atoms with Crippen LogP contribution in [0.5, 0.6) is 0 Å². The lowest BCUT2D eigenvalue weighted by molar-refractivity contribution is 0.637. The summed E-state index contributed by atoms with van der Waals surface area (Å²) in [6.07, 6.45) is 28.6. The number of rotatable bonds is 13. The first kappa shape index (κ1) is 18.0. The van der Waals surface area contributed by atoms with Gasteiger partial charge < -0.3 is 0 Å². The predicted octanol–water partition coefficient (Wildman–Crippen LogP) is 6.58. The Morgan fingerprint density at radius 3 is 2.05 bits per heavy atom. The van der Waals surface area contributed by atoms with Crippen molar-refractivity contribution in [1.29, 1.82) is 0 Å². The lowest BCUT2D eigenvalue weighted by Gasteiger charge is -2.00. The van der Waals surface area contributed by atoms with Crippen LogP contribution in [0, 0.1) is 6.42 Å². The van der Waals surface area contributed by atoms with Gasteiger partial charge in [0.05, 0.1) is 0 Å². The zero-order valence-corrected chi connectivity index (χ0v) is 12.7. The Balaban J connectivity index is 3.17. The first-order valence-corrected chi connectivity index (χ1v) is 7.84. The Labute approximate surface area is 121 Å². The molecule has 1 radical (unpaired) electrons. The van der Waals surface area contributed by atoms with Gasteiger partial charge in [-0.1, -0.05) is 101 Å². The maximum atomic E-state index is 3.62. The summed E-state index contributed by atoms with van der Waals surface area (Å²) < 4.78 is 0. The molecule has 0 aromatic heterocycles. The molecule has 0 saturated carbocycles. The maximum absolute atomic E-state index is 3.62. The van der Waals surface area contributed by atoms with Crippen molar-refractivity contribution in [3.8, 4) is 0 Å². The highest BCUT2D eigenvalue weighted by Gasteiger charge is 1.91. The third-order valence-electron chi connectivity index (χ3n) is 3.01. The molecule has 0 fully saturated rings. The van der Waals surface area contributed by atoms with Gasteiger partial charge in [-0.3, -0.25) is 0 Å². The Morgan fingerprint density at radius 1 is 0.684 bits per heavy atom. The monoisotopic (exact) mass is 259 g/mol. The average Bonchev–Trinajstić information content (AvgIpc) is 2.43. The van der Waals surface area contributed by atoms with E-state index in [1.54, 1.807) is 6.08 Å². The van der Waals surface area contributed by atoms with Crippen molar-refractivity contribution in [2.24, 2.45) is 0 Å². The highest BCUT2D eigenvalue weighted by Crippen LogP contribution is 2.09. The molecule has 0 aromatic carbocycles. The fourth-order valence-corrected chi connectivity index (χ4v) is 1.86. The largest absolute Gasteiger partial charge is 0.0991 e. The topological polar surface area (TPSA) is 0 Å². The molecule has 0 aliphatic rings. The zero-order chi connectivity index (χ0) is 14.0. The van der Waals surface area contributed by atoms with E-state index in [1.807, 2.05) is 18.2 Å². The Hall–Kier alpha value is -1.04. The summed E-state index contributed by atoms with van der Waals surface area (Å²) in [5.41, 5.74) is 0. The molecule has 0 aliphatic heterocycles. The molecule has 0 spiro atoms. The van der Waals surface area contributed by atoms with Gasteiger partial charge in [-0.2, -0.15) is 0 Å². The minimum absolute atomic E-state index is 1.19. The van der Waals surface area contributed by atoms with Gasteiger partial charge in [0.15, 0.2) is 0 Å². The maximum Gasteiger partial charge on any atom is -0.0348 e. The van der Waals surface area contributed by atoms with Gasteiger partial charge in [0.1, 0.15) is 0 Å². The van der Waals surface area contributed by atoms with Crippen molar-refractivity contribution in [3.63, 3.8) is 0 Å². The van der Waals surface area contributed by atoms with Crippen LogP contribution in [-0.2, 0) is 0 Å². The highest BCUT2D eigenvalue weighted by molar-refractivity contribution is 5.14. The van der Waals surface area contributed by atoms with Crippen LogP contribution >= 0.6 is 0 Å². The molecule has 0 amide bonds. The minimum atomic E-state index is 1.19. The van der Waals surface area contributed by atoms with Gasteiger partial charge in [-0.25, -0.2) is 0 Å². The molecule has 0 rings (SSSR count). The van der Waals surface area contributed by atoms with E-state index in [-0.39, 0.29) is 0 Å². The molecule has 0 nitrogen and oxygen atoms in total. The van der Waals surface area contributed by atoms with Crippen LogP contribution in [0.25, 0.3) is 0 Å². The molecule has 19 heavy (non-hydrogen) atoms. The highest BCUT2D eigenvalue weighted by atomic mass is 14.0. The summed E-state index contributed by atoms with van der Waals surface area (Å²) in [5, 5.41) is 0. The summed E-state index contributed by atoms with van der Waals surface area (Å²) >= 11 is 0. The zero-order valence-electron chi connectivity index (χ0n) is 12.7. The molecule has 0 N–H and O–H groups in total. The standard InChI is InChI=1S/C19H31/c1-3-5-7-9-11-13-15-17-19-18-16-14-12-10-8-6-4-2/h3,5,7,9,11,13-15H,1,4,6,8,10,12,16-19H2,2H3/b7-5-,11-9+,15-13-. The third kappa shape index (κ3) is 17.0. The lowest BCUT2D eigenvalue weighted by atomic mass is 10.1. The second kappa shape index (κ2) is 17.0. The van der Waals surface area contributed by atoms with E-state index < -0.39 is 0 Å². The van der Waals surface area contributed by atoms with E-state index in [2.05, 4.69) is 38.2 Å². The Bertz CT molecular complexity index is 255. The predicted molar refractivity (Wildman–Crippen MR) is 89.1 cm³/mol. The van der Waals surface area contributed by atoms with Crippen molar-refractivity contribution in [3.05, 3.63) is 55.5 Å². The van der Waals surface area contributed by atoms with Crippen LogP contribution in [0.1, 0.15) is 64.7 Å². The normalized spacial score (nSPS) is 12.1. The summed E-state index contributed by atoms with van der Waals surface area (Å²) in [6, 6.07) is 0. The molecule has 0 bridgehead atoms. The van der Waals surface area contributed by atoms with E-state index in [9.17, 15) is 0 Å². The van der Waals surface area contributed by atoms with Crippen LogP contribution in [0.3, 0.4) is 0 Å². The van der Waals surface area contributed by atoms with E-state index in [1.165, 1.54) is 57.8 Å². The van der Waals surface area contributed by atoms with Gasteiger partial charge in [-0.05, 0) is 19.3 Å². The smallest absolute Gasteiger partial charge is 0.0348 e. The van der Waals surface area contributed by atoms with E-state index in [0.717, 1.165) is 0 Å². The molecular weight excluding hydrogens is 228 g/mol. The fraction of sp³-hybridized carbons (Fsp3) is 0.526. The molecule has 0 aromatic rings. The molecule has 0 atom stereocenters. The second-order valence-electron chi connectivity index (χ2n) is 4.86. The minimum Gasteiger partial charge on any atom is -0.0991 e. The Kier molecular flexibility index (Phi) is 16.0. The first-order chi connectivity index (χ1) is 9.41. The fourth-order valence-electron chi connectivity index (χ4n) is 1.86. The molecule has 0 unspecified atom stereocenters. The van der Waals surface area contributed by atoms with Crippen LogP contribution in [-0.4, -0.2) is 0 Å². The van der Waals surface area contributed by atoms with E-state index in [4.69, 9.17) is 0 Å². The van der Waals surface area contributed by atoms with Crippen LogP contribution < -0.4 is 0 Å². The second-order valence-corrected chi connectivity index (χ2v) is 4.86. The van der Waals surface area contributed by atoms with Gasteiger partial charge in [-0.15, -0.1) is 0 Å². The molecular formula is C19H31. The molecule has 107 valence electrons. The van der Waals surface area contributed by atoms with Gasteiger partial charge >= 0.3 is 0 Å². The average molecular weight is 259 g/mol. The molecule has 0 aliphatic carbocycles. The van der Waals surface area contributed by atoms with Crippen molar-refractivity contribution < 1.29 is 0 Å². The molecule has 0 heteroatoms. The summed E-state index contributed by atoms with van der Waals surface area (Å²) in [7, 11) is 0. The van der Waals surface area contributed by atoms with Crippen LogP contribution in [0.2, 0.25) is 0 Å². The van der Waals surface area contributed by atoms with Crippen molar-refractivity contribution in [2.45, 2.75) is 64.7 Å². The van der Waals surface area contributed by atoms with Crippen molar-refractivity contribution in [1.82, 2.24) is 0 Å². The number of unbranched alkanes of at least 4 members (excludes halogenated alkanes) is 9. The number of hydrogen-bond acceptors (Lipinski definition) is 0. The molecule has 0 heterocycles. The Morgan fingerprint density at radius 2 is 1.32 bits per heavy atom. The van der Waals surface area contributed by atoms with E-state index in [0.29, 0.717) is 0 Å². The molecule has 0 saturated heterocycles. The van der Waals surface area contributed by atoms with Crippen molar-refractivity contribution >= 4 is 0 Å². The van der Waals surface area contributed by atoms with Gasteiger partial charge in [0, 0.05) is 0 Å². The SMILES string of the molecule is C=C\C=C/C=C/C=C\CCCC[CH]CCCCCC. The summed E-state index contributed by atoms with van der Waals surface area (Å²) in [5.74, 6) is 0. The lowest BCUT2D eigenvalue weighted by Crippen LogP contribution is -1.81. The first-order valence-electron chi connectivity index (χ1n) is 7.84. The van der Waals surface area contributed by atoms with E-state index >= 15 is 0 Å². The quantitative estimate of drug-likeness (QED) is 0.259. The van der Waals surface area contributed by atoms with Crippen LogP contribution in [0.15, 0.2) is 49.1 Å². The van der Waals surface area contributed by atoms with Gasteiger partial charge in [0.25, 0.3) is 0 Å². The summed E-state index contributed by atoms with van der Waals surface area (Å²) in [6.45, 7) is 5.89. The van der Waals surface area contributed by atoms with Gasteiger partial charge in [0.2, 0.25) is 0 Å². The van der Waals surface area contributed by atoms with Crippen LogP contribution in [0.4, 0.5) is 0 Å². The number of allylic oxidation sites excluding steroid dienone is 7. The summed E-state index contributed by atoms with van der Waals surface area (Å²) in [4.78, 5) is 0.